The summed E-state index contributed by atoms with van der Waals surface area (Å²) >= 11 is 0. The lowest BCUT2D eigenvalue weighted by Gasteiger charge is -2.11. The molecule has 0 aliphatic rings. The van der Waals surface area contributed by atoms with Crippen molar-refractivity contribution < 1.29 is 13.9 Å². The van der Waals surface area contributed by atoms with Gasteiger partial charge in [-0.15, -0.1) is 0 Å². The van der Waals surface area contributed by atoms with Crippen LogP contribution in [-0.2, 0) is 4.74 Å². The SMILES string of the molecule is CN=C(C)/C(=C(/C)N)c1cc(F)cc(C(=O)OC)c1. The highest BCUT2D eigenvalue weighted by Gasteiger charge is 2.14. The Labute approximate surface area is 111 Å². The van der Waals surface area contributed by atoms with Gasteiger partial charge in [0.05, 0.1) is 12.7 Å². The number of methoxy groups -OCH3 is 1. The van der Waals surface area contributed by atoms with Gasteiger partial charge in [-0.2, -0.15) is 0 Å². The number of hydrogen-bond donors (Lipinski definition) is 1. The Balaban J connectivity index is 3.46. The third-order valence-corrected chi connectivity index (χ3v) is 2.70. The molecule has 0 aliphatic carbocycles. The van der Waals surface area contributed by atoms with E-state index in [4.69, 9.17) is 5.73 Å². The molecule has 1 aromatic rings. The summed E-state index contributed by atoms with van der Waals surface area (Å²) in [5, 5.41) is 0. The lowest BCUT2D eigenvalue weighted by Crippen LogP contribution is -2.08. The van der Waals surface area contributed by atoms with Gasteiger partial charge in [-0.1, -0.05) is 0 Å². The van der Waals surface area contributed by atoms with Crippen molar-refractivity contribution in [3.8, 4) is 0 Å². The lowest BCUT2D eigenvalue weighted by atomic mass is 9.98. The minimum absolute atomic E-state index is 0.139. The highest BCUT2D eigenvalue weighted by molar-refractivity contribution is 6.23. The van der Waals surface area contributed by atoms with Crippen LogP contribution < -0.4 is 5.73 Å². The minimum Gasteiger partial charge on any atom is -0.465 e. The fraction of sp³-hybridized carbons (Fsp3) is 0.286. The fourth-order valence-corrected chi connectivity index (χ4v) is 1.80. The smallest absolute Gasteiger partial charge is 0.337 e. The predicted molar refractivity (Wildman–Crippen MR) is 73.6 cm³/mol. The first-order valence-corrected chi connectivity index (χ1v) is 5.70. The number of aliphatic imine (C=N–C) groups is 1. The van der Waals surface area contributed by atoms with Crippen LogP contribution in [0.1, 0.15) is 29.8 Å². The molecule has 102 valence electrons. The number of halogens is 1. The van der Waals surface area contributed by atoms with Crippen LogP contribution in [-0.4, -0.2) is 25.8 Å². The summed E-state index contributed by atoms with van der Waals surface area (Å²) in [5.41, 5.74) is 8.25. The van der Waals surface area contributed by atoms with Crippen LogP contribution in [0, 0.1) is 5.82 Å². The summed E-state index contributed by atoms with van der Waals surface area (Å²) in [7, 11) is 2.87. The number of carbonyl (C=O) groups excluding carboxylic acids is 1. The fourth-order valence-electron chi connectivity index (χ4n) is 1.80. The normalized spacial score (nSPS) is 13.0. The third-order valence-electron chi connectivity index (χ3n) is 2.70. The van der Waals surface area contributed by atoms with Gasteiger partial charge in [0.15, 0.2) is 0 Å². The van der Waals surface area contributed by atoms with Gasteiger partial charge in [0.2, 0.25) is 0 Å². The molecule has 0 amide bonds. The van der Waals surface area contributed by atoms with Gasteiger partial charge in [0.1, 0.15) is 5.82 Å². The summed E-state index contributed by atoms with van der Waals surface area (Å²) in [4.78, 5) is 15.5. The van der Waals surface area contributed by atoms with Gasteiger partial charge in [0, 0.05) is 24.0 Å². The van der Waals surface area contributed by atoms with E-state index in [-0.39, 0.29) is 5.56 Å². The van der Waals surface area contributed by atoms with E-state index in [0.717, 1.165) is 6.07 Å². The monoisotopic (exact) mass is 264 g/mol. The Bertz CT molecular complexity index is 559. The van der Waals surface area contributed by atoms with Crippen molar-refractivity contribution in [3.63, 3.8) is 0 Å². The van der Waals surface area contributed by atoms with Crippen molar-refractivity contribution >= 4 is 17.3 Å². The number of nitrogens with two attached hydrogens (primary N) is 1. The van der Waals surface area contributed by atoms with Gasteiger partial charge in [-0.25, -0.2) is 9.18 Å². The lowest BCUT2D eigenvalue weighted by molar-refractivity contribution is 0.0600. The van der Waals surface area contributed by atoms with Gasteiger partial charge in [-0.05, 0) is 37.6 Å². The molecule has 0 saturated heterocycles. The van der Waals surface area contributed by atoms with Crippen LogP contribution in [0.2, 0.25) is 0 Å². The Morgan fingerprint density at radius 3 is 2.32 bits per heavy atom. The Hall–Kier alpha value is -2.17. The molecule has 0 atom stereocenters. The number of esters is 1. The molecule has 0 bridgehead atoms. The topological polar surface area (TPSA) is 64.7 Å². The molecule has 0 aromatic heterocycles. The average molecular weight is 264 g/mol. The zero-order valence-corrected chi connectivity index (χ0v) is 11.5. The molecule has 4 nitrogen and oxygen atoms in total. The van der Waals surface area contributed by atoms with Gasteiger partial charge in [0.25, 0.3) is 0 Å². The highest BCUT2D eigenvalue weighted by Crippen LogP contribution is 2.22. The van der Waals surface area contributed by atoms with Gasteiger partial charge < -0.3 is 10.5 Å². The van der Waals surface area contributed by atoms with E-state index in [0.29, 0.717) is 22.5 Å². The van der Waals surface area contributed by atoms with E-state index in [9.17, 15) is 9.18 Å². The summed E-state index contributed by atoms with van der Waals surface area (Å²) in [6.45, 7) is 3.47. The van der Waals surface area contributed by atoms with E-state index in [1.54, 1.807) is 20.9 Å². The number of rotatable bonds is 3. The molecule has 0 unspecified atom stereocenters. The van der Waals surface area contributed by atoms with E-state index >= 15 is 0 Å². The second-order valence-corrected chi connectivity index (χ2v) is 4.09. The zero-order valence-electron chi connectivity index (χ0n) is 11.5. The number of allylic oxidation sites excluding steroid dienone is 2. The quantitative estimate of drug-likeness (QED) is 0.673. The molecule has 2 N–H and O–H groups in total. The van der Waals surface area contributed by atoms with Crippen LogP contribution in [0.15, 0.2) is 28.9 Å². The van der Waals surface area contributed by atoms with Crippen LogP contribution in [0.5, 0.6) is 0 Å². The molecule has 19 heavy (non-hydrogen) atoms. The molecule has 5 heteroatoms. The highest BCUT2D eigenvalue weighted by atomic mass is 19.1. The Morgan fingerprint density at radius 2 is 1.84 bits per heavy atom. The average Bonchev–Trinajstić information content (AvgIpc) is 2.36. The molecule has 0 saturated carbocycles. The van der Waals surface area contributed by atoms with Crippen molar-refractivity contribution in [3.05, 3.63) is 40.8 Å². The predicted octanol–water partition coefficient (Wildman–Crippen LogP) is 2.39. The summed E-state index contributed by atoms with van der Waals surface area (Å²) < 4.78 is 18.2. The molecule has 0 radical (unpaired) electrons. The number of nitrogens with zero attached hydrogens (tertiary/aromatic N) is 1. The molecular formula is C14H17FN2O2. The second-order valence-electron chi connectivity index (χ2n) is 4.09. The van der Waals surface area contributed by atoms with Crippen LogP contribution in [0.4, 0.5) is 4.39 Å². The van der Waals surface area contributed by atoms with E-state index in [1.807, 2.05) is 0 Å². The van der Waals surface area contributed by atoms with E-state index in [2.05, 4.69) is 9.73 Å². The van der Waals surface area contributed by atoms with Crippen LogP contribution in [0.3, 0.4) is 0 Å². The standard InChI is InChI=1S/C14H17FN2O2/c1-8(16)13(9(2)17-3)10-5-11(14(18)19-4)7-12(15)6-10/h5-7H,16H2,1-4H3/b13-8+,17-9?. The Kier molecular flexibility index (Phi) is 4.80. The number of ether oxygens (including phenoxy) is 1. The molecule has 1 aromatic carbocycles. The zero-order chi connectivity index (χ0) is 14.6. The maximum absolute atomic E-state index is 13.6. The number of benzene rings is 1. The summed E-state index contributed by atoms with van der Waals surface area (Å²) in [6.07, 6.45) is 0. The summed E-state index contributed by atoms with van der Waals surface area (Å²) in [6, 6.07) is 3.97. The molecule has 0 heterocycles. The maximum atomic E-state index is 13.6. The third kappa shape index (κ3) is 3.40. The van der Waals surface area contributed by atoms with Crippen molar-refractivity contribution in [2.45, 2.75) is 13.8 Å². The van der Waals surface area contributed by atoms with E-state index in [1.165, 1.54) is 19.2 Å². The second kappa shape index (κ2) is 6.13. The van der Waals surface area contributed by atoms with Gasteiger partial charge >= 0.3 is 5.97 Å². The van der Waals surface area contributed by atoms with Gasteiger partial charge in [-0.3, -0.25) is 4.99 Å². The first-order valence-electron chi connectivity index (χ1n) is 5.70. The largest absolute Gasteiger partial charge is 0.465 e. The minimum atomic E-state index is -0.596. The first-order chi connectivity index (χ1) is 8.90. The Morgan fingerprint density at radius 1 is 1.26 bits per heavy atom. The van der Waals surface area contributed by atoms with Crippen molar-refractivity contribution in [1.82, 2.24) is 0 Å². The van der Waals surface area contributed by atoms with Crippen molar-refractivity contribution in [1.29, 1.82) is 0 Å². The van der Waals surface area contributed by atoms with Crippen LogP contribution >= 0.6 is 0 Å². The van der Waals surface area contributed by atoms with Crippen molar-refractivity contribution in [2.24, 2.45) is 10.7 Å². The maximum Gasteiger partial charge on any atom is 0.337 e. The molecular weight excluding hydrogens is 247 g/mol. The first kappa shape index (κ1) is 14.9. The van der Waals surface area contributed by atoms with Crippen LogP contribution in [0.25, 0.3) is 5.57 Å². The van der Waals surface area contributed by atoms with Crippen molar-refractivity contribution in [2.75, 3.05) is 14.2 Å². The molecule has 0 aliphatic heterocycles. The number of hydrogen-bond acceptors (Lipinski definition) is 4. The number of carbonyl (C=O) groups is 1. The summed E-state index contributed by atoms with van der Waals surface area (Å²) in [5.74, 6) is -1.12. The van der Waals surface area contributed by atoms with E-state index < -0.39 is 11.8 Å². The molecule has 1 rings (SSSR count). The molecule has 0 fully saturated rings. The molecule has 0 spiro atoms.